The maximum atomic E-state index is 9.90. The van der Waals surface area contributed by atoms with Crippen molar-refractivity contribution < 1.29 is 44.7 Å². The Kier molecular flexibility index (Phi) is 17.6. The molecule has 0 aliphatic carbocycles. The highest BCUT2D eigenvalue weighted by Crippen LogP contribution is 2.02. The molecule has 0 spiro atoms. The highest BCUT2D eigenvalue weighted by Gasteiger charge is 2.29. The first kappa shape index (κ1) is 23.2. The van der Waals surface area contributed by atoms with Crippen LogP contribution in [0.2, 0.25) is 0 Å². The highest BCUT2D eigenvalue weighted by molar-refractivity contribution is 6.09. The van der Waals surface area contributed by atoms with Crippen LogP contribution < -0.4 is 11.5 Å². The molecule has 0 fully saturated rings. The van der Waals surface area contributed by atoms with Gasteiger partial charge in [-0.05, 0) is 0 Å². The Morgan fingerprint density at radius 1 is 0.950 bits per heavy atom. The number of hydrogen-bond acceptors (Lipinski definition) is 9. The SMILES string of the molecule is NC(N)=O.O=CC=O.O=C[C@H](O)[C@@H](O)[C@H](O)[C@H](O)CO. The van der Waals surface area contributed by atoms with Gasteiger partial charge in [0.15, 0.2) is 18.9 Å². The van der Waals surface area contributed by atoms with Crippen LogP contribution in [-0.2, 0) is 14.4 Å². The fourth-order valence-electron chi connectivity index (χ4n) is 0.618. The largest absolute Gasteiger partial charge is 0.394 e. The first-order valence-corrected chi connectivity index (χ1v) is 4.91. The van der Waals surface area contributed by atoms with Gasteiger partial charge in [0, 0.05) is 0 Å². The Labute approximate surface area is 113 Å². The van der Waals surface area contributed by atoms with E-state index in [-0.39, 0.29) is 18.9 Å². The number of carbonyl (C=O) groups excluding carboxylic acids is 4. The average Bonchev–Trinajstić information content (AvgIpc) is 2.43. The number of amides is 2. The van der Waals surface area contributed by atoms with Gasteiger partial charge in [-0.3, -0.25) is 9.59 Å². The van der Waals surface area contributed by atoms with Crippen molar-refractivity contribution in [2.45, 2.75) is 24.4 Å². The zero-order valence-corrected chi connectivity index (χ0v) is 10.3. The van der Waals surface area contributed by atoms with Crippen molar-refractivity contribution in [1.82, 2.24) is 0 Å². The molecule has 0 rings (SSSR count). The number of aliphatic hydroxyl groups is 5. The van der Waals surface area contributed by atoms with Crippen LogP contribution in [0.1, 0.15) is 0 Å². The van der Waals surface area contributed by atoms with Crippen LogP contribution in [0.15, 0.2) is 0 Å². The van der Waals surface area contributed by atoms with Crippen molar-refractivity contribution in [2.24, 2.45) is 11.5 Å². The summed E-state index contributed by atoms with van der Waals surface area (Å²) in [6.07, 6.45) is -6.45. The maximum absolute atomic E-state index is 9.90. The van der Waals surface area contributed by atoms with Gasteiger partial charge in [0.05, 0.1) is 6.61 Å². The van der Waals surface area contributed by atoms with E-state index in [1.807, 2.05) is 0 Å². The van der Waals surface area contributed by atoms with E-state index < -0.39 is 37.1 Å². The summed E-state index contributed by atoms with van der Waals surface area (Å²) >= 11 is 0. The number of hydrogen-bond donors (Lipinski definition) is 7. The van der Waals surface area contributed by atoms with Crippen molar-refractivity contribution in [3.05, 3.63) is 0 Å². The lowest BCUT2D eigenvalue weighted by atomic mass is 10.0. The van der Waals surface area contributed by atoms with E-state index in [1.54, 1.807) is 0 Å². The lowest BCUT2D eigenvalue weighted by Crippen LogP contribution is -2.46. The first-order valence-electron chi connectivity index (χ1n) is 4.91. The number of carbonyl (C=O) groups is 4. The minimum atomic E-state index is -1.79. The van der Waals surface area contributed by atoms with Gasteiger partial charge in [0.25, 0.3) is 0 Å². The molecule has 0 aromatic carbocycles. The summed E-state index contributed by atoms with van der Waals surface area (Å²) < 4.78 is 0. The average molecular weight is 298 g/mol. The van der Waals surface area contributed by atoms with Gasteiger partial charge in [-0.25, -0.2) is 4.79 Å². The Bertz CT molecular complexity index is 277. The second-order valence-corrected chi connectivity index (χ2v) is 3.03. The van der Waals surface area contributed by atoms with Crippen LogP contribution in [0.3, 0.4) is 0 Å². The molecule has 0 radical (unpaired) electrons. The molecule has 20 heavy (non-hydrogen) atoms. The van der Waals surface area contributed by atoms with Crippen molar-refractivity contribution in [3.63, 3.8) is 0 Å². The summed E-state index contributed by atoms with van der Waals surface area (Å²) in [6.45, 7) is -0.760. The third-order valence-corrected chi connectivity index (χ3v) is 1.48. The van der Waals surface area contributed by atoms with Gasteiger partial charge >= 0.3 is 6.03 Å². The summed E-state index contributed by atoms with van der Waals surface area (Å²) in [5.74, 6) is 0. The van der Waals surface area contributed by atoms with Gasteiger partial charge in [-0.1, -0.05) is 0 Å². The fraction of sp³-hybridized carbons (Fsp3) is 0.556. The second kappa shape index (κ2) is 15.1. The van der Waals surface area contributed by atoms with Crippen LogP contribution in [0.25, 0.3) is 0 Å². The van der Waals surface area contributed by atoms with E-state index in [4.69, 9.17) is 39.9 Å². The maximum Gasteiger partial charge on any atom is 0.309 e. The Balaban J connectivity index is -0.000000297. The summed E-state index contributed by atoms with van der Waals surface area (Å²) in [7, 11) is 0. The smallest absolute Gasteiger partial charge is 0.309 e. The number of aliphatic hydroxyl groups excluding tert-OH is 5. The van der Waals surface area contributed by atoms with E-state index in [0.717, 1.165) is 0 Å². The molecule has 0 heterocycles. The van der Waals surface area contributed by atoms with Crippen LogP contribution >= 0.6 is 0 Å². The molecule has 0 saturated carbocycles. The quantitative estimate of drug-likeness (QED) is 0.184. The molecule has 0 aliphatic heterocycles. The lowest BCUT2D eigenvalue weighted by molar-refractivity contribution is -0.136. The fourth-order valence-corrected chi connectivity index (χ4v) is 0.618. The zero-order valence-electron chi connectivity index (χ0n) is 10.3. The standard InChI is InChI=1S/C6H12O6.C2H2O2.CH4N2O/c7-1-3(9)5(11)6(12)4(10)2-8;3-1-2-4;2-1(3)4/h1,3-6,8-12H,2H2;1-2H;(H4,2,3,4)/t3-,4+,5+,6+;;/m0../s1. The third-order valence-electron chi connectivity index (χ3n) is 1.48. The van der Waals surface area contributed by atoms with E-state index >= 15 is 0 Å². The van der Waals surface area contributed by atoms with Crippen molar-refractivity contribution >= 4 is 24.9 Å². The molecule has 0 aromatic rings. The van der Waals surface area contributed by atoms with Gasteiger partial charge < -0.3 is 41.8 Å². The van der Waals surface area contributed by atoms with Crippen LogP contribution in [0, 0.1) is 0 Å². The molecule has 118 valence electrons. The minimum Gasteiger partial charge on any atom is -0.394 e. The van der Waals surface area contributed by atoms with Crippen LogP contribution in [0.4, 0.5) is 4.79 Å². The van der Waals surface area contributed by atoms with Crippen molar-refractivity contribution in [3.8, 4) is 0 Å². The molecule has 11 nitrogen and oxygen atoms in total. The highest BCUT2D eigenvalue weighted by atomic mass is 16.4. The third kappa shape index (κ3) is 16.1. The van der Waals surface area contributed by atoms with E-state index in [9.17, 15) is 4.79 Å². The summed E-state index contributed by atoms with van der Waals surface area (Å²) in [5, 5.41) is 43.5. The predicted molar refractivity (Wildman–Crippen MR) is 63.1 cm³/mol. The van der Waals surface area contributed by atoms with E-state index in [1.165, 1.54) is 0 Å². The molecule has 0 aliphatic rings. The predicted octanol–water partition coefficient (Wildman–Crippen LogP) is -4.97. The van der Waals surface area contributed by atoms with Crippen LogP contribution in [-0.4, -0.2) is 81.4 Å². The topological polar surface area (TPSA) is 221 Å². The Hall–Kier alpha value is -1.92. The number of primary amides is 2. The number of aldehydes is 3. The zero-order chi connectivity index (χ0) is 16.7. The first-order chi connectivity index (χ1) is 9.19. The summed E-state index contributed by atoms with van der Waals surface area (Å²) in [5.41, 5.74) is 8.50. The second-order valence-electron chi connectivity index (χ2n) is 3.03. The van der Waals surface area contributed by atoms with E-state index in [0.29, 0.717) is 0 Å². The molecular formula is C9H18N2O9. The van der Waals surface area contributed by atoms with Crippen molar-refractivity contribution in [2.75, 3.05) is 6.61 Å². The molecule has 0 unspecified atom stereocenters. The van der Waals surface area contributed by atoms with Gasteiger partial charge in [-0.2, -0.15) is 0 Å². The molecule has 9 N–H and O–H groups in total. The monoisotopic (exact) mass is 298 g/mol. The van der Waals surface area contributed by atoms with E-state index in [2.05, 4.69) is 11.5 Å². The molecule has 0 bridgehead atoms. The van der Waals surface area contributed by atoms with Gasteiger partial charge in [-0.15, -0.1) is 0 Å². The Morgan fingerprint density at radius 2 is 1.30 bits per heavy atom. The van der Waals surface area contributed by atoms with Crippen LogP contribution in [0.5, 0.6) is 0 Å². The normalized spacial score (nSPS) is 14.8. The minimum absolute atomic E-state index is 0.0258. The lowest BCUT2D eigenvalue weighted by Gasteiger charge is -2.22. The summed E-state index contributed by atoms with van der Waals surface area (Å²) in [4.78, 5) is 36.5. The Morgan fingerprint density at radius 3 is 1.50 bits per heavy atom. The number of urea groups is 1. The van der Waals surface area contributed by atoms with Gasteiger partial charge in [0.2, 0.25) is 0 Å². The molecule has 11 heteroatoms. The molecule has 0 saturated heterocycles. The molecule has 0 aromatic heterocycles. The number of nitrogens with two attached hydrogens (primary N) is 2. The summed E-state index contributed by atoms with van der Waals surface area (Å²) in [6, 6.07) is -0.833. The van der Waals surface area contributed by atoms with Crippen molar-refractivity contribution in [1.29, 1.82) is 0 Å². The number of rotatable bonds is 6. The molecule has 4 atom stereocenters. The molecular weight excluding hydrogens is 280 g/mol. The molecule has 2 amide bonds. The van der Waals surface area contributed by atoms with Gasteiger partial charge in [0.1, 0.15) is 24.4 Å².